The van der Waals surface area contributed by atoms with Gasteiger partial charge in [0.05, 0.1) is 0 Å². The van der Waals surface area contributed by atoms with Crippen molar-refractivity contribution in [1.82, 2.24) is 0 Å². The topological polar surface area (TPSA) is 40.5 Å². The third-order valence-electron chi connectivity index (χ3n) is 2.87. The highest BCUT2D eigenvalue weighted by molar-refractivity contribution is 5.49. The van der Waals surface area contributed by atoms with Gasteiger partial charge in [-0.15, -0.1) is 0 Å². The van der Waals surface area contributed by atoms with Gasteiger partial charge in [-0.2, -0.15) is 0 Å². The SMILES string of the molecule is CC(C)O.Cc1cc(C(C)(C)C)c(O)c(C(C)(C)C)c1. The second-order valence-electron chi connectivity index (χ2n) is 7.80. The first kappa shape index (κ1) is 19.0. The van der Waals surface area contributed by atoms with E-state index in [2.05, 4.69) is 60.6 Å². The van der Waals surface area contributed by atoms with E-state index in [0.717, 1.165) is 11.1 Å². The minimum atomic E-state index is -0.167. The molecule has 1 rings (SSSR count). The fourth-order valence-electron chi connectivity index (χ4n) is 1.92. The van der Waals surface area contributed by atoms with E-state index in [1.165, 1.54) is 5.56 Å². The second-order valence-corrected chi connectivity index (χ2v) is 7.80. The highest BCUT2D eigenvalue weighted by Crippen LogP contribution is 2.39. The summed E-state index contributed by atoms with van der Waals surface area (Å²) in [7, 11) is 0. The molecule has 0 radical (unpaired) electrons. The first-order valence-corrected chi connectivity index (χ1v) is 7.29. The van der Waals surface area contributed by atoms with Crippen molar-refractivity contribution in [1.29, 1.82) is 0 Å². The molecule has 0 bridgehead atoms. The van der Waals surface area contributed by atoms with Crippen LogP contribution >= 0.6 is 0 Å². The van der Waals surface area contributed by atoms with Crippen LogP contribution in [0.5, 0.6) is 5.75 Å². The molecule has 0 fully saturated rings. The average molecular weight is 280 g/mol. The minimum Gasteiger partial charge on any atom is -0.507 e. The van der Waals surface area contributed by atoms with E-state index >= 15 is 0 Å². The van der Waals surface area contributed by atoms with Gasteiger partial charge in [0.15, 0.2) is 0 Å². The van der Waals surface area contributed by atoms with Crippen molar-refractivity contribution in [3.8, 4) is 5.75 Å². The molecule has 116 valence electrons. The van der Waals surface area contributed by atoms with E-state index in [-0.39, 0.29) is 16.9 Å². The van der Waals surface area contributed by atoms with Crippen molar-refractivity contribution < 1.29 is 10.2 Å². The smallest absolute Gasteiger partial charge is 0.123 e. The molecule has 0 unspecified atom stereocenters. The molecule has 1 aromatic carbocycles. The Labute approximate surface area is 124 Å². The monoisotopic (exact) mass is 280 g/mol. The van der Waals surface area contributed by atoms with E-state index < -0.39 is 0 Å². The van der Waals surface area contributed by atoms with Gasteiger partial charge in [0, 0.05) is 6.10 Å². The Morgan fingerprint density at radius 1 is 0.850 bits per heavy atom. The van der Waals surface area contributed by atoms with E-state index in [4.69, 9.17) is 5.11 Å². The zero-order valence-corrected chi connectivity index (χ0v) is 14.6. The first-order valence-electron chi connectivity index (χ1n) is 7.29. The van der Waals surface area contributed by atoms with Gasteiger partial charge in [-0.25, -0.2) is 0 Å². The molecule has 2 N–H and O–H groups in total. The summed E-state index contributed by atoms with van der Waals surface area (Å²) < 4.78 is 0. The quantitative estimate of drug-likeness (QED) is 0.724. The molecule has 2 nitrogen and oxygen atoms in total. The van der Waals surface area contributed by atoms with Crippen molar-refractivity contribution >= 4 is 0 Å². The van der Waals surface area contributed by atoms with Crippen molar-refractivity contribution in [2.45, 2.75) is 79.2 Å². The molecule has 20 heavy (non-hydrogen) atoms. The maximum Gasteiger partial charge on any atom is 0.123 e. The van der Waals surface area contributed by atoms with Crippen molar-refractivity contribution in [3.63, 3.8) is 0 Å². The second kappa shape index (κ2) is 6.62. The fraction of sp³-hybridized carbons (Fsp3) is 0.667. The van der Waals surface area contributed by atoms with Gasteiger partial charge in [0.2, 0.25) is 0 Å². The number of phenols is 1. The maximum atomic E-state index is 10.4. The van der Waals surface area contributed by atoms with E-state index in [1.807, 2.05) is 0 Å². The lowest BCUT2D eigenvalue weighted by Gasteiger charge is -2.27. The molecule has 0 spiro atoms. The van der Waals surface area contributed by atoms with Crippen LogP contribution in [0, 0.1) is 6.92 Å². The summed E-state index contributed by atoms with van der Waals surface area (Å²) in [4.78, 5) is 0. The highest BCUT2D eigenvalue weighted by atomic mass is 16.3. The Morgan fingerprint density at radius 3 is 1.30 bits per heavy atom. The van der Waals surface area contributed by atoms with Gasteiger partial charge in [-0.05, 0) is 42.7 Å². The molecule has 0 amide bonds. The number of phenolic OH excluding ortho intramolecular Hbond substituents is 1. The molecule has 0 saturated heterocycles. The number of rotatable bonds is 0. The zero-order chi connectivity index (χ0) is 16.3. The van der Waals surface area contributed by atoms with Gasteiger partial charge in [-0.3, -0.25) is 0 Å². The van der Waals surface area contributed by atoms with Crippen LogP contribution in [0.15, 0.2) is 12.1 Å². The number of benzene rings is 1. The van der Waals surface area contributed by atoms with E-state index in [0.29, 0.717) is 5.75 Å². The number of aromatic hydroxyl groups is 1. The molecule has 0 atom stereocenters. The number of hydrogen-bond acceptors (Lipinski definition) is 2. The van der Waals surface area contributed by atoms with Gasteiger partial charge >= 0.3 is 0 Å². The van der Waals surface area contributed by atoms with Crippen molar-refractivity contribution in [2.75, 3.05) is 0 Å². The highest BCUT2D eigenvalue weighted by Gasteiger charge is 2.25. The van der Waals surface area contributed by atoms with Crippen LogP contribution in [0.1, 0.15) is 72.1 Å². The Morgan fingerprint density at radius 2 is 1.10 bits per heavy atom. The third-order valence-corrected chi connectivity index (χ3v) is 2.87. The molecule has 0 aliphatic carbocycles. The Bertz CT molecular complexity index is 394. The summed E-state index contributed by atoms with van der Waals surface area (Å²) in [6, 6.07) is 4.18. The lowest BCUT2D eigenvalue weighted by atomic mass is 9.78. The predicted octanol–water partition coefficient (Wildman–Crippen LogP) is 4.68. The normalized spacial score (nSPS) is 12.2. The Balaban J connectivity index is 0.000000796. The third kappa shape index (κ3) is 5.96. The summed E-state index contributed by atoms with van der Waals surface area (Å²) in [6.45, 7) is 18.3. The number of aliphatic hydroxyl groups excluding tert-OH is 1. The molecule has 0 heterocycles. The standard InChI is InChI=1S/C15H24O.C3H8O/c1-10-8-11(14(2,3)4)13(16)12(9-10)15(5,6)7;1-3(2)4/h8-9,16H,1-7H3;3-4H,1-2H3. The maximum absolute atomic E-state index is 10.4. The molecular weight excluding hydrogens is 248 g/mol. The number of aryl methyl sites for hydroxylation is 1. The van der Waals surface area contributed by atoms with Crippen molar-refractivity contribution in [3.05, 3.63) is 28.8 Å². The van der Waals surface area contributed by atoms with Crippen LogP contribution in [0.2, 0.25) is 0 Å². The van der Waals surface area contributed by atoms with Crippen LogP contribution < -0.4 is 0 Å². The predicted molar refractivity (Wildman–Crippen MR) is 87.6 cm³/mol. The summed E-state index contributed by atoms with van der Waals surface area (Å²) >= 11 is 0. The van der Waals surface area contributed by atoms with E-state index in [9.17, 15) is 5.11 Å². The van der Waals surface area contributed by atoms with Crippen LogP contribution in [-0.4, -0.2) is 16.3 Å². The average Bonchev–Trinajstić information content (AvgIpc) is 2.16. The lowest BCUT2D eigenvalue weighted by molar-refractivity contribution is 0.216. The Kier molecular flexibility index (Phi) is 6.28. The van der Waals surface area contributed by atoms with Gasteiger partial charge in [0.1, 0.15) is 5.75 Å². The first-order chi connectivity index (χ1) is 8.76. The summed E-state index contributed by atoms with van der Waals surface area (Å²) in [5.74, 6) is 0.464. The molecule has 0 aliphatic heterocycles. The van der Waals surface area contributed by atoms with Crippen LogP contribution in [0.3, 0.4) is 0 Å². The van der Waals surface area contributed by atoms with Crippen LogP contribution in [0.4, 0.5) is 0 Å². The minimum absolute atomic E-state index is 0.0178. The van der Waals surface area contributed by atoms with E-state index in [1.54, 1.807) is 13.8 Å². The van der Waals surface area contributed by atoms with Crippen LogP contribution in [0.25, 0.3) is 0 Å². The fourth-order valence-corrected chi connectivity index (χ4v) is 1.92. The largest absolute Gasteiger partial charge is 0.507 e. The molecular formula is C18H32O2. The molecule has 1 aromatic rings. The summed E-state index contributed by atoms with van der Waals surface area (Å²) in [5.41, 5.74) is 3.26. The summed E-state index contributed by atoms with van der Waals surface area (Å²) in [5, 5.41) is 18.4. The zero-order valence-electron chi connectivity index (χ0n) is 14.6. The lowest BCUT2D eigenvalue weighted by Crippen LogP contribution is -2.17. The van der Waals surface area contributed by atoms with Gasteiger partial charge in [-0.1, -0.05) is 59.2 Å². The van der Waals surface area contributed by atoms with Crippen molar-refractivity contribution in [2.24, 2.45) is 0 Å². The molecule has 0 saturated carbocycles. The summed E-state index contributed by atoms with van der Waals surface area (Å²) in [6.07, 6.45) is -0.167. The number of hydrogen-bond donors (Lipinski definition) is 2. The van der Waals surface area contributed by atoms with Gasteiger partial charge < -0.3 is 10.2 Å². The molecule has 0 aromatic heterocycles. The van der Waals surface area contributed by atoms with Gasteiger partial charge in [0.25, 0.3) is 0 Å². The van der Waals surface area contributed by atoms with Crippen LogP contribution in [-0.2, 0) is 10.8 Å². The Hall–Kier alpha value is -1.02. The molecule has 2 heteroatoms. The molecule has 0 aliphatic rings. The number of aliphatic hydroxyl groups is 1.